The summed E-state index contributed by atoms with van der Waals surface area (Å²) in [5.74, 6) is -0.144. The van der Waals surface area contributed by atoms with Crippen LogP contribution in [0.25, 0.3) is 11.1 Å². The Kier molecular flexibility index (Phi) is 5.36. The van der Waals surface area contributed by atoms with E-state index in [-0.39, 0.29) is 6.42 Å². The lowest BCUT2D eigenvalue weighted by Gasteiger charge is -2.13. The third kappa shape index (κ3) is 4.40. The van der Waals surface area contributed by atoms with Crippen molar-refractivity contribution in [3.8, 4) is 16.9 Å². The minimum absolute atomic E-state index is 0.0495. The Hall–Kier alpha value is -2.78. The lowest BCUT2D eigenvalue weighted by Crippen LogP contribution is -2.00. The van der Waals surface area contributed by atoms with Crippen molar-refractivity contribution in [1.29, 1.82) is 0 Å². The zero-order chi connectivity index (χ0) is 17.6. The molecule has 0 heterocycles. The number of ether oxygens (including phenoxy) is 1. The molecule has 0 unspecified atom stereocenters. The van der Waals surface area contributed by atoms with Crippen LogP contribution in [0.2, 0.25) is 5.02 Å². The molecule has 126 valence electrons. The summed E-state index contributed by atoms with van der Waals surface area (Å²) in [7, 11) is 0. The molecule has 0 saturated heterocycles. The summed E-state index contributed by atoms with van der Waals surface area (Å²) < 4.78 is 5.97. The van der Waals surface area contributed by atoms with E-state index in [0.717, 1.165) is 22.4 Å². The molecule has 0 radical (unpaired) electrons. The van der Waals surface area contributed by atoms with E-state index in [1.807, 2.05) is 60.7 Å². The predicted molar refractivity (Wildman–Crippen MR) is 99.0 cm³/mol. The quantitative estimate of drug-likeness (QED) is 0.662. The topological polar surface area (TPSA) is 46.5 Å². The van der Waals surface area contributed by atoms with Gasteiger partial charge in [-0.1, -0.05) is 72.3 Å². The van der Waals surface area contributed by atoms with E-state index in [4.69, 9.17) is 21.4 Å². The maximum absolute atomic E-state index is 10.8. The van der Waals surface area contributed by atoms with Crippen LogP contribution in [0, 0.1) is 0 Å². The summed E-state index contributed by atoms with van der Waals surface area (Å²) in [6.45, 7) is 0.465. The predicted octanol–water partition coefficient (Wildman–Crippen LogP) is 5.21. The first kappa shape index (κ1) is 17.1. The van der Waals surface area contributed by atoms with Crippen molar-refractivity contribution in [3.63, 3.8) is 0 Å². The van der Waals surface area contributed by atoms with Crippen LogP contribution >= 0.6 is 11.6 Å². The van der Waals surface area contributed by atoms with Crippen molar-refractivity contribution < 1.29 is 14.6 Å². The monoisotopic (exact) mass is 352 g/mol. The number of carboxylic acid groups (broad SMARTS) is 1. The molecule has 0 saturated carbocycles. The van der Waals surface area contributed by atoms with E-state index in [1.54, 1.807) is 12.1 Å². The van der Waals surface area contributed by atoms with Crippen molar-refractivity contribution >= 4 is 17.6 Å². The van der Waals surface area contributed by atoms with Gasteiger partial charge >= 0.3 is 5.97 Å². The second kappa shape index (κ2) is 7.86. The van der Waals surface area contributed by atoms with Crippen molar-refractivity contribution in [3.05, 3.63) is 88.9 Å². The first-order valence-corrected chi connectivity index (χ1v) is 8.27. The SMILES string of the molecule is O=C(O)Cc1ccc(-c2ccccc2OCc2ccccc2)c(Cl)c1. The van der Waals surface area contributed by atoms with Crippen LogP contribution in [0.4, 0.5) is 0 Å². The number of aliphatic carboxylic acids is 1. The molecule has 0 fully saturated rings. The van der Waals surface area contributed by atoms with E-state index in [9.17, 15) is 4.79 Å². The Bertz CT molecular complexity index is 875. The van der Waals surface area contributed by atoms with Crippen molar-refractivity contribution in [1.82, 2.24) is 0 Å². The molecule has 4 heteroatoms. The van der Waals surface area contributed by atoms with Crippen LogP contribution in [0.5, 0.6) is 5.75 Å². The van der Waals surface area contributed by atoms with Gasteiger partial charge in [0.2, 0.25) is 0 Å². The minimum Gasteiger partial charge on any atom is -0.488 e. The molecule has 0 aliphatic carbocycles. The van der Waals surface area contributed by atoms with Gasteiger partial charge in [0.05, 0.1) is 6.42 Å². The van der Waals surface area contributed by atoms with E-state index in [0.29, 0.717) is 17.2 Å². The Morgan fingerprint density at radius 2 is 1.60 bits per heavy atom. The Labute approximate surface area is 151 Å². The summed E-state index contributed by atoms with van der Waals surface area (Å²) >= 11 is 6.39. The van der Waals surface area contributed by atoms with Crippen LogP contribution in [-0.2, 0) is 17.8 Å². The average Bonchev–Trinajstić information content (AvgIpc) is 2.61. The molecule has 0 aromatic heterocycles. The lowest BCUT2D eigenvalue weighted by molar-refractivity contribution is -0.136. The van der Waals surface area contributed by atoms with Crippen molar-refractivity contribution in [2.75, 3.05) is 0 Å². The Morgan fingerprint density at radius 1 is 0.880 bits per heavy atom. The van der Waals surface area contributed by atoms with E-state index in [1.165, 1.54) is 0 Å². The second-order valence-electron chi connectivity index (χ2n) is 5.66. The van der Waals surface area contributed by atoms with Gasteiger partial charge in [-0.05, 0) is 23.3 Å². The molecule has 3 nitrogen and oxygen atoms in total. The van der Waals surface area contributed by atoms with Gasteiger partial charge in [-0.3, -0.25) is 4.79 Å². The van der Waals surface area contributed by atoms with Gasteiger partial charge in [-0.2, -0.15) is 0 Å². The fourth-order valence-electron chi connectivity index (χ4n) is 2.61. The first-order valence-electron chi connectivity index (χ1n) is 7.90. The maximum Gasteiger partial charge on any atom is 0.307 e. The normalized spacial score (nSPS) is 10.4. The highest BCUT2D eigenvalue weighted by Crippen LogP contribution is 2.35. The third-order valence-corrected chi connectivity index (χ3v) is 4.12. The zero-order valence-corrected chi connectivity index (χ0v) is 14.2. The molecule has 3 aromatic carbocycles. The van der Waals surface area contributed by atoms with Crippen LogP contribution in [0.1, 0.15) is 11.1 Å². The van der Waals surface area contributed by atoms with Gasteiger partial charge in [-0.25, -0.2) is 0 Å². The molecule has 25 heavy (non-hydrogen) atoms. The largest absolute Gasteiger partial charge is 0.488 e. The average molecular weight is 353 g/mol. The molecule has 0 aliphatic rings. The number of hydrogen-bond acceptors (Lipinski definition) is 2. The van der Waals surface area contributed by atoms with E-state index < -0.39 is 5.97 Å². The number of hydrogen-bond donors (Lipinski definition) is 1. The summed E-state index contributed by atoms with van der Waals surface area (Å²) in [4.78, 5) is 10.8. The Morgan fingerprint density at radius 3 is 2.32 bits per heavy atom. The number of carboxylic acids is 1. The molecule has 0 amide bonds. The van der Waals surface area contributed by atoms with Crippen molar-refractivity contribution in [2.45, 2.75) is 13.0 Å². The van der Waals surface area contributed by atoms with Crippen LogP contribution in [-0.4, -0.2) is 11.1 Å². The highest BCUT2D eigenvalue weighted by atomic mass is 35.5. The van der Waals surface area contributed by atoms with Gasteiger partial charge in [0.15, 0.2) is 0 Å². The van der Waals surface area contributed by atoms with Gasteiger partial charge in [0, 0.05) is 16.1 Å². The van der Waals surface area contributed by atoms with Crippen molar-refractivity contribution in [2.24, 2.45) is 0 Å². The number of rotatable bonds is 6. The molecule has 3 rings (SSSR count). The summed E-state index contributed by atoms with van der Waals surface area (Å²) in [5, 5.41) is 9.41. The molecular formula is C21H17ClO3. The minimum atomic E-state index is -0.879. The standard InChI is InChI=1S/C21H17ClO3/c22-19-12-16(13-21(23)24)10-11-17(19)18-8-4-5-9-20(18)25-14-15-6-2-1-3-7-15/h1-12H,13-14H2,(H,23,24). The number of carbonyl (C=O) groups is 1. The molecule has 0 bridgehead atoms. The second-order valence-corrected chi connectivity index (χ2v) is 6.06. The number of halogens is 1. The zero-order valence-electron chi connectivity index (χ0n) is 13.5. The summed E-state index contributed by atoms with van der Waals surface area (Å²) in [6.07, 6.45) is -0.0495. The first-order chi connectivity index (χ1) is 12.1. The molecule has 0 atom stereocenters. The fourth-order valence-corrected chi connectivity index (χ4v) is 2.92. The van der Waals surface area contributed by atoms with Crippen LogP contribution in [0.15, 0.2) is 72.8 Å². The van der Waals surface area contributed by atoms with Gasteiger partial charge in [0.25, 0.3) is 0 Å². The van der Waals surface area contributed by atoms with E-state index in [2.05, 4.69) is 0 Å². The molecule has 3 aromatic rings. The highest BCUT2D eigenvalue weighted by molar-refractivity contribution is 6.33. The maximum atomic E-state index is 10.8. The smallest absolute Gasteiger partial charge is 0.307 e. The van der Waals surface area contributed by atoms with Gasteiger partial charge in [0.1, 0.15) is 12.4 Å². The third-order valence-electron chi connectivity index (χ3n) is 3.80. The van der Waals surface area contributed by atoms with Gasteiger partial charge in [-0.15, -0.1) is 0 Å². The number of benzene rings is 3. The van der Waals surface area contributed by atoms with E-state index >= 15 is 0 Å². The lowest BCUT2D eigenvalue weighted by atomic mass is 10.0. The number of para-hydroxylation sites is 1. The Balaban J connectivity index is 1.86. The molecule has 0 spiro atoms. The van der Waals surface area contributed by atoms with Crippen LogP contribution in [0.3, 0.4) is 0 Å². The highest BCUT2D eigenvalue weighted by Gasteiger charge is 2.11. The van der Waals surface area contributed by atoms with Gasteiger partial charge < -0.3 is 9.84 Å². The molecule has 0 aliphatic heterocycles. The molecular weight excluding hydrogens is 336 g/mol. The fraction of sp³-hybridized carbons (Fsp3) is 0.0952. The summed E-state index contributed by atoms with van der Waals surface area (Å²) in [6, 6.07) is 22.9. The molecule has 1 N–H and O–H groups in total. The summed E-state index contributed by atoms with van der Waals surface area (Å²) in [5.41, 5.74) is 3.45. The van der Waals surface area contributed by atoms with Crippen LogP contribution < -0.4 is 4.74 Å².